The molecule has 0 bridgehead atoms. The predicted molar refractivity (Wildman–Crippen MR) is 68.0 cm³/mol. The normalized spacial score (nSPS) is 24.7. The van der Waals surface area contributed by atoms with E-state index in [2.05, 4.69) is 11.8 Å². The van der Waals surface area contributed by atoms with Gasteiger partial charge < -0.3 is 5.73 Å². The van der Waals surface area contributed by atoms with Gasteiger partial charge in [-0.05, 0) is 31.4 Å². The van der Waals surface area contributed by atoms with E-state index in [1.54, 1.807) is 0 Å². The summed E-state index contributed by atoms with van der Waals surface area (Å²) in [6.45, 7) is 3.74. The fourth-order valence-electron chi connectivity index (χ4n) is 2.66. The van der Waals surface area contributed by atoms with Crippen LogP contribution in [-0.4, -0.2) is 24.0 Å². The van der Waals surface area contributed by atoms with Crippen molar-refractivity contribution in [3.05, 3.63) is 35.1 Å². The van der Waals surface area contributed by atoms with Crippen LogP contribution in [0.4, 0.5) is 13.2 Å². The lowest BCUT2D eigenvalue weighted by atomic mass is 9.92. The molecule has 1 aromatic carbocycles. The molecule has 0 aliphatic carbocycles. The summed E-state index contributed by atoms with van der Waals surface area (Å²) in [5, 5.41) is 0. The van der Waals surface area contributed by atoms with E-state index in [-0.39, 0.29) is 18.2 Å². The number of piperidine rings is 1. The summed E-state index contributed by atoms with van der Waals surface area (Å²) in [7, 11) is 0. The quantitative estimate of drug-likeness (QED) is 0.857. The molecule has 1 aromatic rings. The van der Waals surface area contributed by atoms with Crippen molar-refractivity contribution in [1.29, 1.82) is 0 Å². The minimum Gasteiger partial charge on any atom is -0.329 e. The van der Waals surface area contributed by atoms with Gasteiger partial charge in [0.2, 0.25) is 0 Å². The number of nitrogens with zero attached hydrogens (tertiary/aromatic N) is 1. The van der Waals surface area contributed by atoms with Gasteiger partial charge >= 0.3 is 0 Å². The number of hydrogen-bond acceptors (Lipinski definition) is 2. The van der Waals surface area contributed by atoms with E-state index >= 15 is 0 Å². The van der Waals surface area contributed by atoms with E-state index in [1.807, 2.05) is 0 Å². The number of halogens is 3. The van der Waals surface area contributed by atoms with Crippen molar-refractivity contribution in [2.45, 2.75) is 32.4 Å². The summed E-state index contributed by atoms with van der Waals surface area (Å²) in [6, 6.07) is 1.72. The molecule has 1 aliphatic heterocycles. The topological polar surface area (TPSA) is 29.3 Å². The van der Waals surface area contributed by atoms with E-state index in [4.69, 9.17) is 5.73 Å². The molecule has 2 nitrogen and oxygen atoms in total. The smallest absolute Gasteiger partial charge is 0.161 e. The monoisotopic (exact) mass is 272 g/mol. The first-order valence-electron chi connectivity index (χ1n) is 6.58. The molecule has 1 aliphatic rings. The summed E-state index contributed by atoms with van der Waals surface area (Å²) in [5.74, 6) is -2.26. The SMILES string of the molecule is CC1CCN(Cc2cc(F)c(F)cc2F)C(CN)C1. The Balaban J connectivity index is 2.14. The van der Waals surface area contributed by atoms with Crippen LogP contribution in [0.25, 0.3) is 0 Å². The lowest BCUT2D eigenvalue weighted by molar-refractivity contribution is 0.114. The lowest BCUT2D eigenvalue weighted by Gasteiger charge is -2.38. The zero-order valence-electron chi connectivity index (χ0n) is 11.0. The van der Waals surface area contributed by atoms with Gasteiger partial charge in [-0.2, -0.15) is 0 Å². The Morgan fingerprint density at radius 1 is 1.21 bits per heavy atom. The first-order valence-corrected chi connectivity index (χ1v) is 6.58. The Morgan fingerprint density at radius 2 is 1.89 bits per heavy atom. The molecule has 0 radical (unpaired) electrons. The van der Waals surface area contributed by atoms with E-state index in [0.717, 1.165) is 25.5 Å². The molecular weight excluding hydrogens is 253 g/mol. The van der Waals surface area contributed by atoms with Crippen molar-refractivity contribution < 1.29 is 13.2 Å². The van der Waals surface area contributed by atoms with E-state index in [0.29, 0.717) is 18.5 Å². The third-order valence-electron chi connectivity index (χ3n) is 3.83. The zero-order chi connectivity index (χ0) is 14.0. The minimum atomic E-state index is -1.15. The Labute approximate surface area is 111 Å². The second-order valence-corrected chi connectivity index (χ2v) is 5.35. The van der Waals surface area contributed by atoms with Crippen molar-refractivity contribution >= 4 is 0 Å². The average Bonchev–Trinajstić information content (AvgIpc) is 2.37. The van der Waals surface area contributed by atoms with Gasteiger partial charge in [0.15, 0.2) is 11.6 Å². The fourth-order valence-corrected chi connectivity index (χ4v) is 2.66. The molecule has 0 aromatic heterocycles. The number of rotatable bonds is 3. The van der Waals surface area contributed by atoms with Crippen LogP contribution in [0, 0.1) is 23.4 Å². The van der Waals surface area contributed by atoms with Gasteiger partial charge in [-0.25, -0.2) is 13.2 Å². The number of benzene rings is 1. The molecule has 1 saturated heterocycles. The molecular formula is C14H19F3N2. The highest BCUT2D eigenvalue weighted by atomic mass is 19.2. The maximum Gasteiger partial charge on any atom is 0.161 e. The van der Waals surface area contributed by atoms with Gasteiger partial charge in [0.1, 0.15) is 5.82 Å². The van der Waals surface area contributed by atoms with Crippen LogP contribution in [0.3, 0.4) is 0 Å². The number of likely N-dealkylation sites (tertiary alicyclic amines) is 1. The lowest BCUT2D eigenvalue weighted by Crippen LogP contribution is -2.45. The highest BCUT2D eigenvalue weighted by Crippen LogP contribution is 2.25. The van der Waals surface area contributed by atoms with Crippen molar-refractivity contribution in [2.75, 3.05) is 13.1 Å². The van der Waals surface area contributed by atoms with Crippen LogP contribution in [0.15, 0.2) is 12.1 Å². The molecule has 106 valence electrons. The molecule has 19 heavy (non-hydrogen) atoms. The van der Waals surface area contributed by atoms with Crippen molar-refractivity contribution in [3.8, 4) is 0 Å². The van der Waals surface area contributed by atoms with Crippen LogP contribution in [0.5, 0.6) is 0 Å². The van der Waals surface area contributed by atoms with Gasteiger partial charge in [0, 0.05) is 30.8 Å². The molecule has 2 atom stereocenters. The van der Waals surface area contributed by atoms with E-state index in [1.165, 1.54) is 0 Å². The minimum absolute atomic E-state index is 0.177. The van der Waals surface area contributed by atoms with Gasteiger partial charge in [-0.3, -0.25) is 4.90 Å². The molecule has 0 spiro atoms. The Hall–Kier alpha value is -1.07. The Bertz CT molecular complexity index is 451. The Kier molecular flexibility index (Phi) is 4.47. The van der Waals surface area contributed by atoms with E-state index in [9.17, 15) is 13.2 Å². The van der Waals surface area contributed by atoms with Gasteiger partial charge in [-0.1, -0.05) is 6.92 Å². The predicted octanol–water partition coefficient (Wildman–Crippen LogP) is 2.66. The molecule has 0 saturated carbocycles. The summed E-state index contributed by atoms with van der Waals surface area (Å²) < 4.78 is 39.7. The molecule has 2 unspecified atom stereocenters. The summed E-state index contributed by atoms with van der Waals surface area (Å²) >= 11 is 0. The average molecular weight is 272 g/mol. The third-order valence-corrected chi connectivity index (χ3v) is 3.83. The highest BCUT2D eigenvalue weighted by molar-refractivity contribution is 5.20. The number of hydrogen-bond donors (Lipinski definition) is 1. The second-order valence-electron chi connectivity index (χ2n) is 5.35. The largest absolute Gasteiger partial charge is 0.329 e. The van der Waals surface area contributed by atoms with Gasteiger partial charge in [0.25, 0.3) is 0 Å². The first-order chi connectivity index (χ1) is 9.01. The fraction of sp³-hybridized carbons (Fsp3) is 0.571. The standard InChI is InChI=1S/C14H19F3N2/c1-9-2-3-19(11(4-9)7-18)8-10-5-13(16)14(17)6-12(10)15/h5-6,9,11H,2-4,7-8,18H2,1H3. The maximum absolute atomic E-state index is 13.6. The van der Waals surface area contributed by atoms with Crippen LogP contribution in [0.1, 0.15) is 25.3 Å². The molecule has 5 heteroatoms. The van der Waals surface area contributed by atoms with Crippen molar-refractivity contribution in [1.82, 2.24) is 4.90 Å². The summed E-state index contributed by atoms with van der Waals surface area (Å²) in [4.78, 5) is 2.05. The number of nitrogens with two attached hydrogens (primary N) is 1. The van der Waals surface area contributed by atoms with Crippen LogP contribution >= 0.6 is 0 Å². The summed E-state index contributed by atoms with van der Waals surface area (Å²) in [6.07, 6.45) is 1.98. The van der Waals surface area contributed by atoms with Gasteiger partial charge in [-0.15, -0.1) is 0 Å². The molecule has 1 fully saturated rings. The molecule has 1 heterocycles. The van der Waals surface area contributed by atoms with Crippen molar-refractivity contribution in [3.63, 3.8) is 0 Å². The zero-order valence-corrected chi connectivity index (χ0v) is 11.0. The van der Waals surface area contributed by atoms with Crippen molar-refractivity contribution in [2.24, 2.45) is 11.7 Å². The second kappa shape index (κ2) is 5.92. The van der Waals surface area contributed by atoms with E-state index < -0.39 is 17.5 Å². The molecule has 2 rings (SSSR count). The maximum atomic E-state index is 13.6. The Morgan fingerprint density at radius 3 is 2.58 bits per heavy atom. The first kappa shape index (κ1) is 14.3. The van der Waals surface area contributed by atoms with Gasteiger partial charge in [0.05, 0.1) is 0 Å². The van der Waals surface area contributed by atoms with Crippen LogP contribution in [-0.2, 0) is 6.54 Å². The van der Waals surface area contributed by atoms with Crippen LogP contribution in [0.2, 0.25) is 0 Å². The third kappa shape index (κ3) is 3.28. The van der Waals surface area contributed by atoms with Crippen LogP contribution < -0.4 is 5.73 Å². The molecule has 2 N–H and O–H groups in total. The molecule has 0 amide bonds. The summed E-state index contributed by atoms with van der Waals surface area (Å²) in [5.41, 5.74) is 5.92. The highest BCUT2D eigenvalue weighted by Gasteiger charge is 2.26.